The van der Waals surface area contributed by atoms with Gasteiger partial charge in [0, 0.05) is 11.6 Å². The summed E-state index contributed by atoms with van der Waals surface area (Å²) in [5, 5.41) is 7.38. The third-order valence-corrected chi connectivity index (χ3v) is 4.15. The van der Waals surface area contributed by atoms with E-state index in [-0.39, 0.29) is 18.2 Å². The van der Waals surface area contributed by atoms with Gasteiger partial charge in [-0.1, -0.05) is 23.7 Å². The van der Waals surface area contributed by atoms with Gasteiger partial charge in [-0.15, -0.1) is 0 Å². The molecule has 0 spiro atoms. The first-order valence-corrected chi connectivity index (χ1v) is 8.95. The molecule has 0 aliphatic carbocycles. The summed E-state index contributed by atoms with van der Waals surface area (Å²) in [4.78, 5) is 18.2. The van der Waals surface area contributed by atoms with Crippen LogP contribution in [0.2, 0.25) is 5.02 Å². The number of carbonyl (C=O) groups is 1. The van der Waals surface area contributed by atoms with E-state index in [1.54, 1.807) is 42.3 Å². The van der Waals surface area contributed by atoms with E-state index in [9.17, 15) is 13.6 Å². The molecule has 0 aliphatic rings. The maximum atomic E-state index is 12.5. The maximum Gasteiger partial charge on any atom is 0.387 e. The predicted molar refractivity (Wildman–Crippen MR) is 104 cm³/mol. The van der Waals surface area contributed by atoms with Gasteiger partial charge in [-0.3, -0.25) is 9.69 Å². The number of ether oxygens (including phenoxy) is 1. The summed E-state index contributed by atoms with van der Waals surface area (Å²) in [5.41, 5.74) is 2.00. The lowest BCUT2D eigenvalue weighted by molar-refractivity contribution is -0.117. The number of rotatable bonds is 8. The van der Waals surface area contributed by atoms with Crippen LogP contribution in [-0.2, 0) is 11.3 Å². The van der Waals surface area contributed by atoms with Crippen molar-refractivity contribution in [1.29, 1.82) is 0 Å². The Kier molecular flexibility index (Phi) is 6.73. The molecule has 0 saturated heterocycles. The standard InChI is InChI=1S/C19H18ClF2N5O2/c1-26(9-13-2-5-15(6-3-13)29-19(21)22)10-18(28)25-16-8-14(20)4-7-17(16)27-12-23-11-24-27/h2-8,11-12,19H,9-10H2,1H3,(H,25,28). The Morgan fingerprint density at radius 2 is 2.03 bits per heavy atom. The van der Waals surface area contributed by atoms with Crippen molar-refractivity contribution < 1.29 is 18.3 Å². The van der Waals surface area contributed by atoms with Crippen molar-refractivity contribution in [3.8, 4) is 11.4 Å². The Hall–Kier alpha value is -3.04. The van der Waals surface area contributed by atoms with E-state index in [0.29, 0.717) is 22.9 Å². The van der Waals surface area contributed by atoms with Gasteiger partial charge in [-0.2, -0.15) is 13.9 Å². The highest BCUT2D eigenvalue weighted by molar-refractivity contribution is 6.31. The van der Waals surface area contributed by atoms with Crippen LogP contribution in [0, 0.1) is 0 Å². The Morgan fingerprint density at radius 3 is 2.69 bits per heavy atom. The molecule has 7 nitrogen and oxygen atoms in total. The van der Waals surface area contributed by atoms with Crippen LogP contribution >= 0.6 is 11.6 Å². The van der Waals surface area contributed by atoms with E-state index >= 15 is 0 Å². The molecule has 10 heteroatoms. The third kappa shape index (κ3) is 5.97. The van der Waals surface area contributed by atoms with Gasteiger partial charge in [-0.25, -0.2) is 9.67 Å². The molecular formula is C19H18ClF2N5O2. The lowest BCUT2D eigenvalue weighted by Crippen LogP contribution is -2.30. The lowest BCUT2D eigenvalue weighted by atomic mass is 10.2. The molecular weight excluding hydrogens is 404 g/mol. The van der Waals surface area contributed by atoms with Gasteiger partial charge in [0.2, 0.25) is 5.91 Å². The van der Waals surface area contributed by atoms with E-state index in [2.05, 4.69) is 20.1 Å². The van der Waals surface area contributed by atoms with Crippen LogP contribution in [0.15, 0.2) is 55.1 Å². The van der Waals surface area contributed by atoms with E-state index in [1.807, 2.05) is 0 Å². The zero-order chi connectivity index (χ0) is 20.8. The highest BCUT2D eigenvalue weighted by atomic mass is 35.5. The van der Waals surface area contributed by atoms with Gasteiger partial charge in [0.1, 0.15) is 18.4 Å². The van der Waals surface area contributed by atoms with Gasteiger partial charge in [0.05, 0.1) is 17.9 Å². The topological polar surface area (TPSA) is 72.3 Å². The van der Waals surface area contributed by atoms with E-state index in [4.69, 9.17) is 11.6 Å². The molecule has 0 bridgehead atoms. The number of amides is 1. The molecule has 1 aromatic heterocycles. The van der Waals surface area contributed by atoms with Crippen molar-refractivity contribution >= 4 is 23.2 Å². The number of hydrogen-bond acceptors (Lipinski definition) is 5. The predicted octanol–water partition coefficient (Wildman–Crippen LogP) is 3.59. The van der Waals surface area contributed by atoms with E-state index in [1.165, 1.54) is 29.5 Å². The largest absolute Gasteiger partial charge is 0.435 e. The van der Waals surface area contributed by atoms with Crippen LogP contribution in [0.25, 0.3) is 5.69 Å². The van der Waals surface area contributed by atoms with Crippen LogP contribution < -0.4 is 10.1 Å². The minimum absolute atomic E-state index is 0.0887. The SMILES string of the molecule is CN(CC(=O)Nc1cc(Cl)ccc1-n1cncn1)Cc1ccc(OC(F)F)cc1. The fourth-order valence-electron chi connectivity index (χ4n) is 2.72. The average Bonchev–Trinajstić information content (AvgIpc) is 3.17. The summed E-state index contributed by atoms with van der Waals surface area (Å²) < 4.78 is 30.3. The summed E-state index contributed by atoms with van der Waals surface area (Å²) in [6, 6.07) is 11.3. The van der Waals surface area contributed by atoms with Crippen LogP contribution in [0.5, 0.6) is 5.75 Å². The minimum Gasteiger partial charge on any atom is -0.435 e. The van der Waals surface area contributed by atoms with Crippen molar-refractivity contribution in [2.45, 2.75) is 13.2 Å². The second kappa shape index (κ2) is 9.44. The third-order valence-electron chi connectivity index (χ3n) is 3.91. The Balaban J connectivity index is 1.60. The van der Waals surface area contributed by atoms with Crippen molar-refractivity contribution in [1.82, 2.24) is 19.7 Å². The summed E-state index contributed by atoms with van der Waals surface area (Å²) in [6.45, 7) is -2.30. The van der Waals surface area contributed by atoms with Gasteiger partial charge < -0.3 is 10.1 Å². The Bertz CT molecular complexity index is 952. The zero-order valence-corrected chi connectivity index (χ0v) is 16.2. The highest BCUT2D eigenvalue weighted by Gasteiger charge is 2.13. The zero-order valence-electron chi connectivity index (χ0n) is 15.4. The van der Waals surface area contributed by atoms with Gasteiger partial charge in [0.25, 0.3) is 0 Å². The fraction of sp³-hybridized carbons (Fsp3) is 0.211. The number of benzene rings is 2. The summed E-state index contributed by atoms with van der Waals surface area (Å²) in [5.74, 6) is -0.153. The Morgan fingerprint density at radius 1 is 1.28 bits per heavy atom. The molecule has 3 aromatic rings. The first kappa shape index (κ1) is 20.7. The summed E-state index contributed by atoms with van der Waals surface area (Å²) in [6.07, 6.45) is 2.91. The molecule has 0 unspecified atom stereocenters. The number of nitrogens with one attached hydrogen (secondary N) is 1. The lowest BCUT2D eigenvalue weighted by Gasteiger charge is -2.18. The second-order valence-corrected chi connectivity index (χ2v) is 6.68. The minimum atomic E-state index is -2.86. The van der Waals surface area contributed by atoms with Crippen molar-refractivity contribution in [2.75, 3.05) is 18.9 Å². The molecule has 1 amide bonds. The molecule has 29 heavy (non-hydrogen) atoms. The van der Waals surface area contributed by atoms with Gasteiger partial charge in [0.15, 0.2) is 0 Å². The van der Waals surface area contributed by atoms with Crippen LogP contribution in [0.4, 0.5) is 14.5 Å². The number of likely N-dealkylation sites (N-methyl/N-ethyl adjacent to an activating group) is 1. The molecule has 152 valence electrons. The number of halogens is 3. The first-order chi connectivity index (χ1) is 13.9. The van der Waals surface area contributed by atoms with Gasteiger partial charge in [-0.05, 0) is 42.9 Å². The van der Waals surface area contributed by atoms with E-state index < -0.39 is 6.61 Å². The molecule has 0 aliphatic heterocycles. The van der Waals surface area contributed by atoms with Crippen LogP contribution in [-0.4, -0.2) is 45.8 Å². The average molecular weight is 422 g/mol. The van der Waals surface area contributed by atoms with Crippen molar-refractivity contribution in [3.63, 3.8) is 0 Å². The fourth-order valence-corrected chi connectivity index (χ4v) is 2.89. The van der Waals surface area contributed by atoms with Crippen LogP contribution in [0.3, 0.4) is 0 Å². The monoisotopic (exact) mass is 421 g/mol. The number of alkyl halides is 2. The molecule has 1 N–H and O–H groups in total. The number of aromatic nitrogens is 3. The maximum absolute atomic E-state index is 12.5. The van der Waals surface area contributed by atoms with Gasteiger partial charge >= 0.3 is 6.61 Å². The quantitative estimate of drug-likeness (QED) is 0.601. The molecule has 3 rings (SSSR count). The summed E-state index contributed by atoms with van der Waals surface area (Å²) in [7, 11) is 1.78. The molecule has 0 saturated carbocycles. The first-order valence-electron chi connectivity index (χ1n) is 8.57. The number of hydrogen-bond donors (Lipinski definition) is 1. The molecule has 2 aromatic carbocycles. The van der Waals surface area contributed by atoms with E-state index in [0.717, 1.165) is 5.56 Å². The molecule has 0 atom stereocenters. The molecule has 0 fully saturated rings. The number of carbonyl (C=O) groups excluding carboxylic acids is 1. The smallest absolute Gasteiger partial charge is 0.387 e. The number of nitrogens with zero attached hydrogens (tertiary/aromatic N) is 4. The second-order valence-electron chi connectivity index (χ2n) is 6.24. The summed E-state index contributed by atoms with van der Waals surface area (Å²) >= 11 is 6.05. The van der Waals surface area contributed by atoms with Crippen LogP contribution in [0.1, 0.15) is 5.56 Å². The highest BCUT2D eigenvalue weighted by Crippen LogP contribution is 2.24. The van der Waals surface area contributed by atoms with Crippen molar-refractivity contribution in [2.24, 2.45) is 0 Å². The Labute approximate surface area is 170 Å². The number of anilines is 1. The molecule has 1 heterocycles. The van der Waals surface area contributed by atoms with Crippen molar-refractivity contribution in [3.05, 3.63) is 65.7 Å². The molecule has 0 radical (unpaired) electrons. The normalized spacial score (nSPS) is 11.1.